The minimum Gasteiger partial charge on any atom is -0.411 e. The van der Waals surface area contributed by atoms with Crippen LogP contribution < -0.4 is 0 Å². The second-order valence-electron chi connectivity index (χ2n) is 2.83. The summed E-state index contributed by atoms with van der Waals surface area (Å²) in [4.78, 5) is 0. The van der Waals surface area contributed by atoms with Crippen molar-refractivity contribution in [3.8, 4) is 0 Å². The van der Waals surface area contributed by atoms with Crippen molar-refractivity contribution in [2.24, 2.45) is 17.0 Å². The smallest absolute Gasteiger partial charge is 0.0576 e. The summed E-state index contributed by atoms with van der Waals surface area (Å²) in [6.07, 6.45) is 3.53. The van der Waals surface area contributed by atoms with Crippen LogP contribution in [-0.4, -0.2) is 10.9 Å². The molecule has 1 N–H and O–H groups in total. The summed E-state index contributed by atoms with van der Waals surface area (Å²) < 4.78 is 0. The highest BCUT2D eigenvalue weighted by Crippen LogP contribution is 2.50. The lowest BCUT2D eigenvalue weighted by Crippen LogP contribution is -1.91. The second kappa shape index (κ2) is 1.24. The molecule has 0 aromatic heterocycles. The number of nitrogens with zero attached hydrogens (tertiary/aromatic N) is 1. The van der Waals surface area contributed by atoms with E-state index in [9.17, 15) is 0 Å². The molecule has 0 aromatic rings. The molecule has 0 heterocycles. The average molecular weight is 111 g/mol. The average Bonchev–Trinajstić information content (AvgIpc) is 2.40. The van der Waals surface area contributed by atoms with Gasteiger partial charge in [-0.05, 0) is 31.1 Å². The van der Waals surface area contributed by atoms with Crippen molar-refractivity contribution in [3.05, 3.63) is 0 Å². The second-order valence-corrected chi connectivity index (χ2v) is 2.83. The molecular weight excluding hydrogens is 102 g/mol. The Morgan fingerprint density at radius 1 is 1.38 bits per heavy atom. The van der Waals surface area contributed by atoms with E-state index in [1.54, 1.807) is 0 Å². The van der Waals surface area contributed by atoms with E-state index in [2.05, 4.69) is 5.16 Å². The molecule has 2 unspecified atom stereocenters. The van der Waals surface area contributed by atoms with Crippen molar-refractivity contribution in [2.75, 3.05) is 0 Å². The van der Waals surface area contributed by atoms with Crippen LogP contribution >= 0.6 is 0 Å². The topological polar surface area (TPSA) is 32.6 Å². The van der Waals surface area contributed by atoms with Crippen LogP contribution in [0.15, 0.2) is 5.16 Å². The largest absolute Gasteiger partial charge is 0.411 e. The Morgan fingerprint density at radius 2 is 2.00 bits per heavy atom. The Hall–Kier alpha value is -0.530. The van der Waals surface area contributed by atoms with Crippen LogP contribution in [-0.2, 0) is 0 Å². The van der Waals surface area contributed by atoms with Gasteiger partial charge in [0.25, 0.3) is 0 Å². The first-order valence-electron chi connectivity index (χ1n) is 3.10. The van der Waals surface area contributed by atoms with Crippen molar-refractivity contribution in [3.63, 3.8) is 0 Å². The summed E-state index contributed by atoms with van der Waals surface area (Å²) in [5, 5.41) is 11.5. The summed E-state index contributed by atoms with van der Waals surface area (Å²) >= 11 is 0. The third kappa shape index (κ3) is 0.457. The van der Waals surface area contributed by atoms with Crippen LogP contribution in [0.3, 0.4) is 0 Å². The van der Waals surface area contributed by atoms with Gasteiger partial charge >= 0.3 is 0 Å². The summed E-state index contributed by atoms with van der Waals surface area (Å²) in [6, 6.07) is 0. The molecule has 2 aliphatic carbocycles. The Labute approximate surface area is 48.2 Å². The molecule has 2 aliphatic rings. The zero-order valence-electron chi connectivity index (χ0n) is 4.67. The molecular formula is C6H9NO. The Kier molecular flexibility index (Phi) is 0.678. The summed E-state index contributed by atoms with van der Waals surface area (Å²) in [5.74, 6) is 1.81. The van der Waals surface area contributed by atoms with E-state index >= 15 is 0 Å². The molecule has 0 saturated heterocycles. The SMILES string of the molecule is ON=C1CC2CC2C1. The highest BCUT2D eigenvalue weighted by molar-refractivity contribution is 5.87. The van der Waals surface area contributed by atoms with Crippen LogP contribution in [0.1, 0.15) is 19.3 Å². The van der Waals surface area contributed by atoms with Gasteiger partial charge in [0.05, 0.1) is 5.71 Å². The van der Waals surface area contributed by atoms with Crippen LogP contribution in [0.2, 0.25) is 0 Å². The number of hydrogen-bond acceptors (Lipinski definition) is 2. The van der Waals surface area contributed by atoms with E-state index < -0.39 is 0 Å². The van der Waals surface area contributed by atoms with Crippen molar-refractivity contribution in [2.45, 2.75) is 19.3 Å². The molecule has 0 radical (unpaired) electrons. The van der Waals surface area contributed by atoms with Gasteiger partial charge in [0.15, 0.2) is 0 Å². The van der Waals surface area contributed by atoms with Crippen molar-refractivity contribution in [1.29, 1.82) is 0 Å². The van der Waals surface area contributed by atoms with Gasteiger partial charge in [-0.1, -0.05) is 5.16 Å². The van der Waals surface area contributed by atoms with E-state index in [-0.39, 0.29) is 0 Å². The monoisotopic (exact) mass is 111 g/mol. The van der Waals surface area contributed by atoms with Crippen LogP contribution in [0.25, 0.3) is 0 Å². The van der Waals surface area contributed by atoms with Gasteiger partial charge in [0, 0.05) is 0 Å². The molecule has 0 aliphatic heterocycles. The molecule has 2 atom stereocenters. The summed E-state index contributed by atoms with van der Waals surface area (Å²) in [7, 11) is 0. The van der Waals surface area contributed by atoms with Gasteiger partial charge in [0.1, 0.15) is 0 Å². The van der Waals surface area contributed by atoms with Gasteiger partial charge in [0.2, 0.25) is 0 Å². The van der Waals surface area contributed by atoms with Crippen LogP contribution in [0.4, 0.5) is 0 Å². The molecule has 2 nitrogen and oxygen atoms in total. The lowest BCUT2D eigenvalue weighted by atomic mass is 10.2. The van der Waals surface area contributed by atoms with Gasteiger partial charge in [-0.15, -0.1) is 0 Å². The molecule has 44 valence electrons. The molecule has 2 fully saturated rings. The number of oxime groups is 1. The Morgan fingerprint density at radius 3 is 2.38 bits per heavy atom. The lowest BCUT2D eigenvalue weighted by Gasteiger charge is -1.89. The minimum atomic E-state index is 0.904. The van der Waals surface area contributed by atoms with Crippen molar-refractivity contribution >= 4 is 5.71 Å². The van der Waals surface area contributed by atoms with Crippen molar-refractivity contribution in [1.82, 2.24) is 0 Å². The van der Waals surface area contributed by atoms with E-state index in [0.29, 0.717) is 0 Å². The van der Waals surface area contributed by atoms with E-state index in [0.717, 1.165) is 30.4 Å². The molecule has 2 rings (SSSR count). The van der Waals surface area contributed by atoms with Gasteiger partial charge in [-0.3, -0.25) is 0 Å². The maximum absolute atomic E-state index is 8.29. The van der Waals surface area contributed by atoms with E-state index in [4.69, 9.17) is 5.21 Å². The summed E-state index contributed by atoms with van der Waals surface area (Å²) in [5.41, 5.74) is 1.02. The zero-order chi connectivity index (χ0) is 5.56. The number of fused-ring (bicyclic) bond motifs is 1. The predicted octanol–water partition coefficient (Wildman–Crippen LogP) is 1.25. The van der Waals surface area contributed by atoms with Gasteiger partial charge in [-0.25, -0.2) is 0 Å². The predicted molar refractivity (Wildman–Crippen MR) is 30.1 cm³/mol. The lowest BCUT2D eigenvalue weighted by molar-refractivity contribution is 0.316. The Balaban J connectivity index is 2.08. The molecule has 2 saturated carbocycles. The van der Waals surface area contributed by atoms with Crippen LogP contribution in [0, 0.1) is 11.8 Å². The first-order chi connectivity index (χ1) is 3.90. The number of hydrogen-bond donors (Lipinski definition) is 1. The quantitative estimate of drug-likeness (QED) is 0.370. The van der Waals surface area contributed by atoms with E-state index in [1.807, 2.05) is 0 Å². The molecule has 0 bridgehead atoms. The van der Waals surface area contributed by atoms with Gasteiger partial charge in [-0.2, -0.15) is 0 Å². The molecule has 0 spiro atoms. The molecule has 8 heavy (non-hydrogen) atoms. The fraction of sp³-hybridized carbons (Fsp3) is 0.833. The first kappa shape index (κ1) is 4.36. The molecule has 2 heteroatoms. The zero-order valence-corrected chi connectivity index (χ0v) is 4.67. The third-order valence-corrected chi connectivity index (χ3v) is 2.21. The highest BCUT2D eigenvalue weighted by Gasteiger charge is 2.44. The maximum atomic E-state index is 8.29. The fourth-order valence-electron chi connectivity index (χ4n) is 1.58. The molecule has 0 amide bonds. The highest BCUT2D eigenvalue weighted by atomic mass is 16.4. The minimum absolute atomic E-state index is 0.904. The third-order valence-electron chi connectivity index (χ3n) is 2.21. The van der Waals surface area contributed by atoms with Gasteiger partial charge < -0.3 is 5.21 Å². The first-order valence-corrected chi connectivity index (χ1v) is 3.10. The summed E-state index contributed by atoms with van der Waals surface area (Å²) in [6.45, 7) is 0. The normalized spacial score (nSPS) is 41.8. The van der Waals surface area contributed by atoms with Crippen molar-refractivity contribution < 1.29 is 5.21 Å². The van der Waals surface area contributed by atoms with Crippen LogP contribution in [0.5, 0.6) is 0 Å². The maximum Gasteiger partial charge on any atom is 0.0576 e. The Bertz CT molecular complexity index is 129. The number of rotatable bonds is 0. The fourth-order valence-corrected chi connectivity index (χ4v) is 1.58. The molecule has 0 aromatic carbocycles. The van der Waals surface area contributed by atoms with E-state index in [1.165, 1.54) is 6.42 Å². The standard InChI is InChI=1S/C6H9NO/c8-7-6-2-4-1-5(4)3-6/h4-5,8H,1-3H2.